The first-order valence-electron chi connectivity index (χ1n) is 13.6. The molecule has 0 bridgehead atoms. The molecule has 7 nitrogen and oxygen atoms in total. The van der Waals surface area contributed by atoms with Crippen molar-refractivity contribution in [3.05, 3.63) is 104 Å². The van der Waals surface area contributed by atoms with Gasteiger partial charge in [0.2, 0.25) is 0 Å². The van der Waals surface area contributed by atoms with Crippen LogP contribution in [0.4, 0.5) is 11.4 Å². The summed E-state index contributed by atoms with van der Waals surface area (Å²) in [5, 5.41) is 6.62. The molecule has 2 aliphatic rings. The van der Waals surface area contributed by atoms with Crippen molar-refractivity contribution in [1.82, 2.24) is 9.88 Å². The normalized spacial score (nSPS) is 16.0. The number of carbonyl (C=O) groups excluding carboxylic acids is 3. The van der Waals surface area contributed by atoms with Crippen LogP contribution in [0.2, 0.25) is 0 Å². The van der Waals surface area contributed by atoms with Gasteiger partial charge in [0.25, 0.3) is 17.7 Å². The zero-order valence-electron chi connectivity index (χ0n) is 23.0. The number of amides is 3. The molecule has 1 aliphatic heterocycles. The summed E-state index contributed by atoms with van der Waals surface area (Å²) in [4.78, 5) is 42.9. The minimum Gasteiger partial charge on any atom is -0.322 e. The molecule has 2 aromatic carbocycles. The molecular weight excluding hydrogens is 632 g/mol. The second-order valence-corrected chi connectivity index (χ2v) is 12.7. The zero-order valence-corrected chi connectivity index (χ0v) is 26.2. The van der Waals surface area contributed by atoms with E-state index in [9.17, 15) is 14.4 Å². The maximum absolute atomic E-state index is 13.8. The molecule has 1 aliphatic carbocycles. The number of fused-ring (bicyclic) bond motifs is 1. The Morgan fingerprint density at radius 1 is 1.05 bits per heavy atom. The van der Waals surface area contributed by atoms with Gasteiger partial charge in [0.15, 0.2) is 5.11 Å². The molecule has 0 radical (unpaired) electrons. The molecule has 0 unspecified atom stereocenters. The number of anilines is 2. The van der Waals surface area contributed by atoms with Crippen molar-refractivity contribution in [3.63, 3.8) is 0 Å². The summed E-state index contributed by atoms with van der Waals surface area (Å²) in [5.41, 5.74) is 5.52. The second-order valence-electron chi connectivity index (χ2n) is 10.3. The first kappa shape index (κ1) is 28.3. The van der Waals surface area contributed by atoms with Crippen molar-refractivity contribution in [2.75, 3.05) is 10.2 Å². The van der Waals surface area contributed by atoms with E-state index in [4.69, 9.17) is 12.2 Å². The Kier molecular flexibility index (Phi) is 7.69. The summed E-state index contributed by atoms with van der Waals surface area (Å²) in [6, 6.07) is 18.6. The number of nitrogens with one attached hydrogen (secondary N) is 2. The van der Waals surface area contributed by atoms with Crippen LogP contribution in [0.25, 0.3) is 11.1 Å². The Bertz CT molecular complexity index is 1810. The molecule has 1 saturated heterocycles. The summed E-state index contributed by atoms with van der Waals surface area (Å²) >= 11 is 10.4. The predicted molar refractivity (Wildman–Crippen MR) is 175 cm³/mol. The molecule has 0 atom stereocenters. The number of halogens is 1. The molecule has 10 heteroatoms. The minimum atomic E-state index is -0.546. The van der Waals surface area contributed by atoms with E-state index in [1.54, 1.807) is 35.6 Å². The van der Waals surface area contributed by atoms with Gasteiger partial charge in [0.1, 0.15) is 10.6 Å². The van der Waals surface area contributed by atoms with Crippen LogP contribution < -0.4 is 15.5 Å². The summed E-state index contributed by atoms with van der Waals surface area (Å²) in [7, 11) is 0. The molecule has 42 heavy (non-hydrogen) atoms. The number of benzene rings is 2. The Labute approximate surface area is 261 Å². The molecule has 0 spiro atoms. The third-order valence-corrected chi connectivity index (χ3v) is 9.61. The fourth-order valence-corrected chi connectivity index (χ4v) is 7.73. The zero-order chi connectivity index (χ0) is 29.5. The molecule has 2 aromatic heterocycles. The first-order valence-corrected chi connectivity index (χ1v) is 15.6. The number of thiophene rings is 1. The van der Waals surface area contributed by atoms with E-state index >= 15 is 0 Å². The Hall–Kier alpha value is -3.86. The van der Waals surface area contributed by atoms with Gasteiger partial charge in [-0.3, -0.25) is 24.6 Å². The lowest BCUT2D eigenvalue weighted by Crippen LogP contribution is -2.54. The third kappa shape index (κ3) is 5.14. The minimum absolute atomic E-state index is 0.0173. The van der Waals surface area contributed by atoms with Crippen LogP contribution in [0.5, 0.6) is 0 Å². The van der Waals surface area contributed by atoms with Crippen LogP contribution in [0.1, 0.15) is 50.6 Å². The van der Waals surface area contributed by atoms with E-state index in [1.807, 2.05) is 56.3 Å². The van der Waals surface area contributed by atoms with Crippen molar-refractivity contribution in [2.24, 2.45) is 0 Å². The lowest BCUT2D eigenvalue weighted by atomic mass is 9.95. The van der Waals surface area contributed by atoms with E-state index < -0.39 is 11.8 Å². The summed E-state index contributed by atoms with van der Waals surface area (Å²) in [6.07, 6.45) is 5.56. The van der Waals surface area contributed by atoms with E-state index in [0.717, 1.165) is 57.8 Å². The number of hydrogen-bond acceptors (Lipinski definition) is 5. The topological polar surface area (TPSA) is 83.4 Å². The van der Waals surface area contributed by atoms with Crippen LogP contribution in [0.15, 0.2) is 70.7 Å². The average molecular weight is 660 g/mol. The first-order chi connectivity index (χ1) is 20.2. The van der Waals surface area contributed by atoms with Gasteiger partial charge in [0, 0.05) is 26.4 Å². The summed E-state index contributed by atoms with van der Waals surface area (Å²) in [6.45, 7) is 3.91. The fourth-order valence-electron chi connectivity index (χ4n) is 5.57. The summed E-state index contributed by atoms with van der Waals surface area (Å²) in [5.74, 6) is -1.18. The van der Waals surface area contributed by atoms with Gasteiger partial charge >= 0.3 is 0 Å². The SMILES string of the molecule is Cc1cc(/C=C2\C(=O)NC(=S)N(c3cccc(Br)c3)C2=O)c(C)n1-c1sc2c(c1C(=O)Nc1ccccc1)CCCC2. The van der Waals surface area contributed by atoms with Crippen LogP contribution in [0.3, 0.4) is 0 Å². The second kappa shape index (κ2) is 11.4. The smallest absolute Gasteiger partial charge is 0.270 e. The maximum atomic E-state index is 13.8. The molecule has 2 N–H and O–H groups in total. The number of carbonyl (C=O) groups is 3. The molecular formula is C32H27BrN4O3S2. The van der Waals surface area contributed by atoms with Gasteiger partial charge in [-0.25, -0.2) is 0 Å². The highest BCUT2D eigenvalue weighted by molar-refractivity contribution is 9.10. The molecule has 3 amide bonds. The fraction of sp³-hybridized carbons (Fsp3) is 0.188. The Morgan fingerprint density at radius 2 is 1.81 bits per heavy atom. The highest BCUT2D eigenvalue weighted by Gasteiger charge is 2.35. The van der Waals surface area contributed by atoms with Crippen molar-refractivity contribution < 1.29 is 14.4 Å². The highest BCUT2D eigenvalue weighted by atomic mass is 79.9. The van der Waals surface area contributed by atoms with Crippen LogP contribution in [-0.4, -0.2) is 27.4 Å². The van der Waals surface area contributed by atoms with Gasteiger partial charge in [-0.1, -0.05) is 40.2 Å². The maximum Gasteiger partial charge on any atom is 0.270 e. The number of rotatable bonds is 5. The monoisotopic (exact) mass is 658 g/mol. The molecule has 0 saturated carbocycles. The number of para-hydroxylation sites is 1. The molecule has 212 valence electrons. The number of hydrogen-bond donors (Lipinski definition) is 2. The Morgan fingerprint density at radius 3 is 2.57 bits per heavy atom. The van der Waals surface area contributed by atoms with Gasteiger partial charge in [-0.2, -0.15) is 0 Å². The quantitative estimate of drug-likeness (QED) is 0.139. The molecule has 3 heterocycles. The molecule has 4 aromatic rings. The van der Waals surface area contributed by atoms with Gasteiger partial charge in [0.05, 0.1) is 11.3 Å². The van der Waals surface area contributed by atoms with Crippen LogP contribution in [0, 0.1) is 13.8 Å². The number of aryl methyl sites for hydroxylation is 2. The van der Waals surface area contributed by atoms with Crippen LogP contribution in [-0.2, 0) is 22.4 Å². The predicted octanol–water partition coefficient (Wildman–Crippen LogP) is 6.88. The average Bonchev–Trinajstić information content (AvgIpc) is 3.47. The van der Waals surface area contributed by atoms with E-state index in [2.05, 4.69) is 31.1 Å². The molecule has 1 fully saturated rings. The number of nitrogens with zero attached hydrogens (tertiary/aromatic N) is 2. The lowest BCUT2D eigenvalue weighted by molar-refractivity contribution is -0.122. The summed E-state index contributed by atoms with van der Waals surface area (Å²) < 4.78 is 2.85. The van der Waals surface area contributed by atoms with Gasteiger partial charge in [-0.15, -0.1) is 11.3 Å². The van der Waals surface area contributed by atoms with Crippen molar-refractivity contribution in [1.29, 1.82) is 0 Å². The van der Waals surface area contributed by atoms with Crippen molar-refractivity contribution in [3.8, 4) is 5.00 Å². The molecule has 6 rings (SSSR count). The number of aromatic nitrogens is 1. The Balaban J connectivity index is 1.42. The largest absolute Gasteiger partial charge is 0.322 e. The van der Waals surface area contributed by atoms with E-state index in [-0.39, 0.29) is 16.6 Å². The van der Waals surface area contributed by atoms with Gasteiger partial charge < -0.3 is 9.88 Å². The van der Waals surface area contributed by atoms with Crippen LogP contribution >= 0.6 is 39.5 Å². The number of thiocarbonyl (C=S) groups is 1. The standard InChI is InChI=1S/C32H27BrN4O3S2/c1-18-15-20(16-25-28(38)35-32(41)37(30(25)40)23-12-8-9-21(33)17-23)19(2)36(18)31-27(24-13-6-7-14-26(24)42-31)29(39)34-22-10-4-3-5-11-22/h3-5,8-12,15-17H,6-7,13-14H2,1-2H3,(H,34,39)(H,35,38,41)/b25-16+. The van der Waals surface area contributed by atoms with Gasteiger partial charge in [-0.05, 0) is 105 Å². The van der Waals surface area contributed by atoms with E-state index in [0.29, 0.717) is 16.8 Å². The van der Waals surface area contributed by atoms with Crippen molar-refractivity contribution >= 4 is 79.8 Å². The van der Waals surface area contributed by atoms with E-state index in [1.165, 1.54) is 9.78 Å². The van der Waals surface area contributed by atoms with Crippen molar-refractivity contribution in [2.45, 2.75) is 39.5 Å². The lowest BCUT2D eigenvalue weighted by Gasteiger charge is -2.29. The third-order valence-electron chi connectivity index (χ3n) is 7.55. The highest BCUT2D eigenvalue weighted by Crippen LogP contribution is 2.39.